The summed E-state index contributed by atoms with van der Waals surface area (Å²) in [6.45, 7) is 15.2. The van der Waals surface area contributed by atoms with Gasteiger partial charge < -0.3 is 5.32 Å². The lowest BCUT2D eigenvalue weighted by Gasteiger charge is -2.31. The van der Waals surface area contributed by atoms with E-state index in [4.69, 9.17) is 4.98 Å². The minimum absolute atomic E-state index is 0.254. The molecule has 98 valence electrons. The highest BCUT2D eigenvalue weighted by molar-refractivity contribution is 7.11. The summed E-state index contributed by atoms with van der Waals surface area (Å²) < 4.78 is 0. The fourth-order valence-corrected chi connectivity index (χ4v) is 3.31. The van der Waals surface area contributed by atoms with Crippen LogP contribution in [0.5, 0.6) is 0 Å². The number of rotatable bonds is 1. The van der Waals surface area contributed by atoms with Gasteiger partial charge in [-0.05, 0) is 25.8 Å². The molecule has 2 heterocycles. The summed E-state index contributed by atoms with van der Waals surface area (Å²) in [7, 11) is 0. The zero-order valence-electron chi connectivity index (χ0n) is 12.1. The SMILES string of the molecule is CC.Cc1nc2c(s1)CNCCC2(C)C(C)C. The van der Waals surface area contributed by atoms with Crippen molar-refractivity contribution >= 4 is 11.3 Å². The number of thiazole rings is 1. The van der Waals surface area contributed by atoms with E-state index in [1.807, 2.05) is 25.2 Å². The number of hydrogen-bond acceptors (Lipinski definition) is 3. The third-order valence-electron chi connectivity index (χ3n) is 3.73. The summed E-state index contributed by atoms with van der Waals surface area (Å²) in [5, 5.41) is 4.70. The molecule has 2 rings (SSSR count). The van der Waals surface area contributed by atoms with E-state index < -0.39 is 0 Å². The van der Waals surface area contributed by atoms with E-state index in [1.54, 1.807) is 0 Å². The van der Waals surface area contributed by atoms with Gasteiger partial charge in [0.2, 0.25) is 0 Å². The molecule has 0 amide bonds. The van der Waals surface area contributed by atoms with Crippen LogP contribution in [0.15, 0.2) is 0 Å². The minimum atomic E-state index is 0.254. The summed E-state index contributed by atoms with van der Waals surface area (Å²) in [5.74, 6) is 0.651. The Balaban J connectivity index is 0.000000686. The summed E-state index contributed by atoms with van der Waals surface area (Å²) in [6.07, 6.45) is 1.20. The second-order valence-corrected chi connectivity index (χ2v) is 6.29. The third-order valence-corrected chi connectivity index (χ3v) is 4.70. The fraction of sp³-hybridized carbons (Fsp3) is 0.786. The Bertz CT molecular complexity index is 357. The van der Waals surface area contributed by atoms with Crippen molar-refractivity contribution in [2.75, 3.05) is 6.54 Å². The van der Waals surface area contributed by atoms with Gasteiger partial charge in [-0.2, -0.15) is 0 Å². The Morgan fingerprint density at radius 1 is 1.35 bits per heavy atom. The average Bonchev–Trinajstić information content (AvgIpc) is 2.61. The highest BCUT2D eigenvalue weighted by Crippen LogP contribution is 2.39. The molecular weight excluding hydrogens is 228 g/mol. The molecule has 0 fully saturated rings. The van der Waals surface area contributed by atoms with Crippen molar-refractivity contribution in [1.82, 2.24) is 10.3 Å². The molecule has 0 spiro atoms. The molecule has 17 heavy (non-hydrogen) atoms. The standard InChI is InChI=1S/C12H20N2S.C2H6/c1-8(2)12(4)5-6-13-7-10-11(12)14-9(3)15-10;1-2/h8,13H,5-7H2,1-4H3;1-2H3. The van der Waals surface area contributed by atoms with Gasteiger partial charge in [-0.3, -0.25) is 0 Å². The molecule has 1 aromatic rings. The Morgan fingerprint density at radius 2 is 2.00 bits per heavy atom. The van der Waals surface area contributed by atoms with Crippen LogP contribution in [0.25, 0.3) is 0 Å². The number of nitrogens with zero attached hydrogens (tertiary/aromatic N) is 1. The molecule has 0 saturated heterocycles. The molecule has 0 aliphatic carbocycles. The predicted octanol–water partition coefficient (Wildman–Crippen LogP) is 3.88. The van der Waals surface area contributed by atoms with Gasteiger partial charge in [0.05, 0.1) is 10.7 Å². The van der Waals surface area contributed by atoms with Crippen molar-refractivity contribution in [1.29, 1.82) is 0 Å². The normalized spacial score (nSPS) is 23.7. The largest absolute Gasteiger partial charge is 0.312 e. The Hall–Kier alpha value is -0.410. The van der Waals surface area contributed by atoms with E-state index in [1.165, 1.54) is 22.0 Å². The van der Waals surface area contributed by atoms with E-state index >= 15 is 0 Å². The maximum Gasteiger partial charge on any atom is 0.0900 e. The van der Waals surface area contributed by atoms with Crippen molar-refractivity contribution < 1.29 is 0 Å². The molecule has 0 aromatic carbocycles. The van der Waals surface area contributed by atoms with Crippen LogP contribution >= 0.6 is 11.3 Å². The van der Waals surface area contributed by atoms with Gasteiger partial charge in [0.1, 0.15) is 0 Å². The Labute approximate surface area is 110 Å². The minimum Gasteiger partial charge on any atom is -0.312 e. The van der Waals surface area contributed by atoms with Crippen molar-refractivity contribution in [3.8, 4) is 0 Å². The van der Waals surface area contributed by atoms with E-state index in [-0.39, 0.29) is 5.41 Å². The van der Waals surface area contributed by atoms with Gasteiger partial charge >= 0.3 is 0 Å². The second-order valence-electron chi connectivity index (χ2n) is 5.00. The van der Waals surface area contributed by atoms with E-state index in [2.05, 4.69) is 33.0 Å². The van der Waals surface area contributed by atoms with Crippen molar-refractivity contribution in [2.24, 2.45) is 5.92 Å². The molecule has 1 aliphatic heterocycles. The van der Waals surface area contributed by atoms with Gasteiger partial charge in [-0.25, -0.2) is 4.98 Å². The van der Waals surface area contributed by atoms with Crippen LogP contribution in [0, 0.1) is 12.8 Å². The summed E-state index contributed by atoms with van der Waals surface area (Å²) >= 11 is 1.85. The fourth-order valence-electron chi connectivity index (χ4n) is 2.27. The van der Waals surface area contributed by atoms with Crippen LogP contribution in [0.3, 0.4) is 0 Å². The number of aromatic nitrogens is 1. The maximum atomic E-state index is 4.76. The van der Waals surface area contributed by atoms with E-state index in [0.29, 0.717) is 5.92 Å². The van der Waals surface area contributed by atoms with Crippen LogP contribution in [-0.2, 0) is 12.0 Å². The average molecular weight is 254 g/mol. The topological polar surface area (TPSA) is 24.9 Å². The first-order chi connectivity index (χ1) is 8.04. The van der Waals surface area contributed by atoms with Crippen molar-refractivity contribution in [3.05, 3.63) is 15.6 Å². The molecule has 1 aliphatic rings. The lowest BCUT2D eigenvalue weighted by atomic mass is 9.73. The van der Waals surface area contributed by atoms with Gasteiger partial charge in [0, 0.05) is 16.8 Å². The zero-order chi connectivity index (χ0) is 13.1. The first kappa shape index (κ1) is 14.7. The lowest BCUT2D eigenvalue weighted by Crippen LogP contribution is -2.31. The highest BCUT2D eigenvalue weighted by Gasteiger charge is 2.36. The number of aryl methyl sites for hydroxylation is 1. The Morgan fingerprint density at radius 3 is 2.59 bits per heavy atom. The molecule has 1 N–H and O–H groups in total. The van der Waals surface area contributed by atoms with Gasteiger partial charge in [-0.1, -0.05) is 34.6 Å². The summed E-state index contributed by atoms with van der Waals surface area (Å²) in [4.78, 5) is 6.21. The quantitative estimate of drug-likeness (QED) is 0.822. The molecule has 1 unspecified atom stereocenters. The first-order valence-electron chi connectivity index (χ1n) is 6.71. The van der Waals surface area contributed by atoms with E-state index in [0.717, 1.165) is 13.1 Å². The van der Waals surface area contributed by atoms with Crippen molar-refractivity contribution in [3.63, 3.8) is 0 Å². The van der Waals surface area contributed by atoms with Crippen LogP contribution in [-0.4, -0.2) is 11.5 Å². The highest BCUT2D eigenvalue weighted by atomic mass is 32.1. The molecule has 2 nitrogen and oxygen atoms in total. The molecule has 0 saturated carbocycles. The number of fused-ring (bicyclic) bond motifs is 1. The Kier molecular flexibility index (Phi) is 5.14. The maximum absolute atomic E-state index is 4.76. The van der Waals surface area contributed by atoms with Crippen LogP contribution in [0.4, 0.5) is 0 Å². The van der Waals surface area contributed by atoms with E-state index in [9.17, 15) is 0 Å². The van der Waals surface area contributed by atoms with Gasteiger partial charge in [0.25, 0.3) is 0 Å². The summed E-state index contributed by atoms with van der Waals surface area (Å²) in [5.41, 5.74) is 1.61. The van der Waals surface area contributed by atoms with Crippen LogP contribution in [0.2, 0.25) is 0 Å². The molecule has 0 bridgehead atoms. The first-order valence-corrected chi connectivity index (χ1v) is 7.53. The molecule has 0 radical (unpaired) electrons. The van der Waals surface area contributed by atoms with Crippen LogP contribution < -0.4 is 5.32 Å². The van der Waals surface area contributed by atoms with Gasteiger partial charge in [-0.15, -0.1) is 11.3 Å². The van der Waals surface area contributed by atoms with Crippen LogP contribution in [0.1, 0.15) is 56.6 Å². The predicted molar refractivity (Wildman–Crippen MR) is 76.7 cm³/mol. The van der Waals surface area contributed by atoms with Crippen molar-refractivity contribution in [2.45, 2.75) is 59.9 Å². The molecule has 1 atom stereocenters. The van der Waals surface area contributed by atoms with Gasteiger partial charge in [0.15, 0.2) is 0 Å². The number of nitrogens with one attached hydrogen (secondary N) is 1. The third kappa shape index (κ3) is 2.89. The second kappa shape index (κ2) is 5.96. The number of hydrogen-bond donors (Lipinski definition) is 1. The smallest absolute Gasteiger partial charge is 0.0900 e. The summed E-state index contributed by atoms with van der Waals surface area (Å²) in [6, 6.07) is 0. The monoisotopic (exact) mass is 254 g/mol. The zero-order valence-corrected chi connectivity index (χ0v) is 12.9. The molecule has 1 aromatic heterocycles. The molecular formula is C14H26N2S. The molecule has 3 heteroatoms. The lowest BCUT2D eigenvalue weighted by molar-refractivity contribution is 0.309.